The summed E-state index contributed by atoms with van der Waals surface area (Å²) in [6, 6.07) is 13.8. The summed E-state index contributed by atoms with van der Waals surface area (Å²) in [4.78, 5) is 2.00. The smallest absolute Gasteiger partial charge is 0.215 e. The van der Waals surface area contributed by atoms with Gasteiger partial charge in [-0.1, -0.05) is 30.3 Å². The molecule has 0 atom stereocenters. The third-order valence-corrected chi connectivity index (χ3v) is 4.83. The first-order valence-corrected chi connectivity index (χ1v) is 8.99. The van der Waals surface area contributed by atoms with Crippen LogP contribution in [0.5, 0.6) is 0 Å². The van der Waals surface area contributed by atoms with Crippen LogP contribution >= 0.6 is 0 Å². The maximum atomic E-state index is 13.5. The van der Waals surface area contributed by atoms with Gasteiger partial charge in [0.05, 0.1) is 5.75 Å². The van der Waals surface area contributed by atoms with Crippen LogP contribution in [-0.4, -0.2) is 29.1 Å². The number of rotatable bonds is 7. The van der Waals surface area contributed by atoms with E-state index in [0.29, 0.717) is 6.42 Å². The second-order valence-corrected chi connectivity index (χ2v) is 7.36. The molecule has 0 saturated heterocycles. The van der Waals surface area contributed by atoms with Gasteiger partial charge in [0.25, 0.3) is 0 Å². The molecule has 6 heteroatoms. The number of hydrogen-bond acceptors (Lipinski definition) is 3. The number of benzene rings is 2. The van der Waals surface area contributed by atoms with E-state index in [1.807, 2.05) is 43.3 Å². The number of anilines is 1. The molecule has 0 amide bonds. The Morgan fingerprint density at radius 1 is 1.04 bits per heavy atom. The molecule has 23 heavy (non-hydrogen) atoms. The predicted molar refractivity (Wildman–Crippen MR) is 91.5 cm³/mol. The Labute approximate surface area is 137 Å². The van der Waals surface area contributed by atoms with Crippen molar-refractivity contribution in [3.63, 3.8) is 0 Å². The fourth-order valence-corrected chi connectivity index (χ4v) is 3.34. The molecule has 0 bridgehead atoms. The van der Waals surface area contributed by atoms with E-state index in [1.165, 1.54) is 18.2 Å². The number of halogens is 1. The van der Waals surface area contributed by atoms with Gasteiger partial charge < -0.3 is 4.90 Å². The third kappa shape index (κ3) is 5.33. The highest BCUT2D eigenvalue weighted by molar-refractivity contribution is 7.88. The van der Waals surface area contributed by atoms with E-state index in [0.717, 1.165) is 11.3 Å². The van der Waals surface area contributed by atoms with E-state index in [2.05, 4.69) is 4.72 Å². The molecule has 0 radical (unpaired) electrons. The predicted octanol–water partition coefficient (Wildman–Crippen LogP) is 2.55. The van der Waals surface area contributed by atoms with Crippen LogP contribution in [0.2, 0.25) is 0 Å². The average molecular weight is 336 g/mol. The largest absolute Gasteiger partial charge is 0.378 e. The van der Waals surface area contributed by atoms with E-state index < -0.39 is 15.8 Å². The standard InChI is InChI=1S/C17H21FN2O2S/c1-20(2)16-9-7-14(8-10-16)11-12-19-23(21,22)13-15-5-3-4-6-17(15)18/h3-10,19H,11-13H2,1-2H3. The molecule has 0 aliphatic rings. The van der Waals surface area contributed by atoms with Gasteiger partial charge in [0.1, 0.15) is 5.82 Å². The van der Waals surface area contributed by atoms with Crippen LogP contribution in [0.15, 0.2) is 48.5 Å². The highest BCUT2D eigenvalue weighted by atomic mass is 32.2. The summed E-state index contributed by atoms with van der Waals surface area (Å²) in [5.74, 6) is -0.851. The van der Waals surface area contributed by atoms with Crippen LogP contribution in [-0.2, 0) is 22.2 Å². The van der Waals surface area contributed by atoms with Crippen molar-refractivity contribution in [2.45, 2.75) is 12.2 Å². The van der Waals surface area contributed by atoms with Gasteiger partial charge in [-0.3, -0.25) is 0 Å². The Morgan fingerprint density at radius 2 is 1.70 bits per heavy atom. The van der Waals surface area contributed by atoms with Crippen LogP contribution < -0.4 is 9.62 Å². The van der Waals surface area contributed by atoms with Gasteiger partial charge in [-0.2, -0.15) is 0 Å². The SMILES string of the molecule is CN(C)c1ccc(CCNS(=O)(=O)Cc2ccccc2F)cc1. The van der Waals surface area contributed by atoms with Crippen LogP contribution in [0.25, 0.3) is 0 Å². The van der Waals surface area contributed by atoms with Gasteiger partial charge in [-0.15, -0.1) is 0 Å². The monoisotopic (exact) mass is 336 g/mol. The molecule has 0 fully saturated rings. The van der Waals surface area contributed by atoms with Crippen LogP contribution in [0.1, 0.15) is 11.1 Å². The number of nitrogens with one attached hydrogen (secondary N) is 1. The minimum absolute atomic E-state index is 0.176. The second-order valence-electron chi connectivity index (χ2n) is 5.56. The molecular weight excluding hydrogens is 315 g/mol. The van der Waals surface area contributed by atoms with E-state index in [1.54, 1.807) is 6.07 Å². The lowest BCUT2D eigenvalue weighted by Gasteiger charge is -2.13. The summed E-state index contributed by atoms with van der Waals surface area (Å²) < 4.78 is 40.0. The zero-order valence-electron chi connectivity index (χ0n) is 13.3. The number of nitrogens with zero attached hydrogens (tertiary/aromatic N) is 1. The summed E-state index contributed by atoms with van der Waals surface area (Å²) in [6.45, 7) is 0.290. The molecule has 0 spiro atoms. The van der Waals surface area contributed by atoms with Crippen molar-refractivity contribution < 1.29 is 12.8 Å². The Kier molecular flexibility index (Phi) is 5.74. The molecule has 2 aromatic rings. The van der Waals surface area contributed by atoms with Crippen molar-refractivity contribution in [1.29, 1.82) is 0 Å². The lowest BCUT2D eigenvalue weighted by atomic mass is 10.1. The molecular formula is C17H21FN2O2S. The van der Waals surface area contributed by atoms with Crippen molar-refractivity contribution >= 4 is 15.7 Å². The summed E-state index contributed by atoms with van der Waals surface area (Å²) in [5, 5.41) is 0. The van der Waals surface area contributed by atoms with Gasteiger partial charge in [0.2, 0.25) is 10.0 Å². The molecule has 0 heterocycles. The Hall–Kier alpha value is -1.92. The van der Waals surface area contributed by atoms with Crippen molar-refractivity contribution in [2.24, 2.45) is 0 Å². The maximum Gasteiger partial charge on any atom is 0.215 e. The quantitative estimate of drug-likeness (QED) is 0.845. The van der Waals surface area contributed by atoms with E-state index in [-0.39, 0.29) is 17.9 Å². The fourth-order valence-electron chi connectivity index (χ4n) is 2.18. The summed E-state index contributed by atoms with van der Waals surface area (Å²) in [6.07, 6.45) is 0.588. The first kappa shape index (κ1) is 17.4. The minimum atomic E-state index is -3.55. The van der Waals surface area contributed by atoms with Crippen molar-refractivity contribution in [3.05, 3.63) is 65.5 Å². The Balaban J connectivity index is 1.88. The van der Waals surface area contributed by atoms with Gasteiger partial charge in [-0.25, -0.2) is 17.5 Å². The molecule has 2 aromatic carbocycles. The Morgan fingerprint density at radius 3 is 2.30 bits per heavy atom. The van der Waals surface area contributed by atoms with Crippen LogP contribution in [0.3, 0.4) is 0 Å². The summed E-state index contributed by atoms with van der Waals surface area (Å²) in [7, 11) is 0.381. The van der Waals surface area contributed by atoms with E-state index in [9.17, 15) is 12.8 Å². The number of hydrogen-bond donors (Lipinski definition) is 1. The first-order valence-electron chi connectivity index (χ1n) is 7.34. The third-order valence-electron chi connectivity index (χ3n) is 3.49. The lowest BCUT2D eigenvalue weighted by molar-refractivity contribution is 0.574. The van der Waals surface area contributed by atoms with Gasteiger partial charge in [0, 0.05) is 31.9 Å². The minimum Gasteiger partial charge on any atom is -0.378 e. The maximum absolute atomic E-state index is 13.5. The molecule has 0 unspecified atom stereocenters. The summed E-state index contributed by atoms with van der Waals surface area (Å²) in [5.41, 5.74) is 2.31. The van der Waals surface area contributed by atoms with Crippen molar-refractivity contribution in [1.82, 2.24) is 4.72 Å². The zero-order valence-corrected chi connectivity index (χ0v) is 14.1. The van der Waals surface area contributed by atoms with Crippen LogP contribution in [0.4, 0.5) is 10.1 Å². The highest BCUT2D eigenvalue weighted by Gasteiger charge is 2.13. The molecule has 2 rings (SSSR count). The van der Waals surface area contributed by atoms with E-state index in [4.69, 9.17) is 0 Å². The number of sulfonamides is 1. The highest BCUT2D eigenvalue weighted by Crippen LogP contribution is 2.13. The second kappa shape index (κ2) is 7.57. The van der Waals surface area contributed by atoms with Crippen LogP contribution in [0, 0.1) is 5.82 Å². The van der Waals surface area contributed by atoms with Crippen molar-refractivity contribution in [3.8, 4) is 0 Å². The van der Waals surface area contributed by atoms with Gasteiger partial charge in [-0.05, 0) is 30.2 Å². The molecule has 1 N–H and O–H groups in total. The van der Waals surface area contributed by atoms with Crippen molar-refractivity contribution in [2.75, 3.05) is 25.5 Å². The Bertz CT molecular complexity index is 743. The molecule has 4 nitrogen and oxygen atoms in total. The molecule has 124 valence electrons. The molecule has 0 aliphatic heterocycles. The van der Waals surface area contributed by atoms with Gasteiger partial charge in [0.15, 0.2) is 0 Å². The van der Waals surface area contributed by atoms with Gasteiger partial charge >= 0.3 is 0 Å². The first-order chi connectivity index (χ1) is 10.9. The fraction of sp³-hybridized carbons (Fsp3) is 0.294. The average Bonchev–Trinajstić information content (AvgIpc) is 2.50. The lowest BCUT2D eigenvalue weighted by Crippen LogP contribution is -2.27. The topological polar surface area (TPSA) is 49.4 Å². The molecule has 0 aliphatic carbocycles. The zero-order chi connectivity index (χ0) is 16.9. The molecule has 0 saturated carbocycles. The molecule has 0 aromatic heterocycles. The normalized spacial score (nSPS) is 11.4. The summed E-state index contributed by atoms with van der Waals surface area (Å²) >= 11 is 0. The van der Waals surface area contributed by atoms with E-state index >= 15 is 0 Å².